The topological polar surface area (TPSA) is 283 Å². The average molecular weight is 833 g/mol. The van der Waals surface area contributed by atoms with E-state index in [0.29, 0.717) is 0 Å². The van der Waals surface area contributed by atoms with Crippen LogP contribution in [0.15, 0.2) is 0 Å². The maximum Gasteiger partial charge on any atom is 1.00 e. The molecule has 298 valence electrons. The summed E-state index contributed by atoms with van der Waals surface area (Å²) in [5, 5.41) is 56.0. The van der Waals surface area contributed by atoms with E-state index in [4.69, 9.17) is 0 Å². The maximum atomic E-state index is 13.0. The molecule has 0 saturated heterocycles. The second kappa shape index (κ2) is 34.4. The van der Waals surface area contributed by atoms with E-state index < -0.39 is 97.9 Å². The molecule has 0 fully saturated rings. The molecule has 0 aliphatic heterocycles. The van der Waals surface area contributed by atoms with Crippen molar-refractivity contribution in [2.45, 2.75) is 105 Å². The summed E-state index contributed by atoms with van der Waals surface area (Å²) in [5.41, 5.74) is 0. The fourth-order valence-electron chi connectivity index (χ4n) is 5.23. The van der Waals surface area contributed by atoms with Crippen LogP contribution in [0.25, 0.3) is 0 Å². The summed E-state index contributed by atoms with van der Waals surface area (Å²) in [6.07, 6.45) is 0.176. The Bertz CT molecular complexity index is 1070. The Balaban J connectivity index is -0.00000217. The average Bonchev–Trinajstić information content (AvgIpc) is 2.97. The molecule has 4 amide bonds. The summed E-state index contributed by atoms with van der Waals surface area (Å²) < 4.78 is 0. The zero-order valence-corrected chi connectivity index (χ0v) is 43.5. The van der Waals surface area contributed by atoms with Crippen molar-refractivity contribution in [1.82, 2.24) is 31.1 Å². The van der Waals surface area contributed by atoms with Crippen LogP contribution < -0.4 is 160 Å². The molecule has 4 atom stereocenters. The minimum Gasteiger partial charge on any atom is -0.548 e. The van der Waals surface area contributed by atoms with Gasteiger partial charge < -0.3 is 60.9 Å². The molecule has 0 aromatic heterocycles. The van der Waals surface area contributed by atoms with E-state index in [1.807, 2.05) is 0 Å². The molecule has 0 heterocycles. The molecule has 0 aliphatic carbocycles. The standard InChI is InChI=1S/C34H60N6O12.4Na/c1-19(2)11-23(31(45)46)35-27(41)15-39(16-28(42)36-24(32(47)48)12-20(3)4)9-10-40(17-29(43)37-25(33(49)50)13-21(5)6)18-30(44)38-26(34(51)52)14-22(7)8;;;;/h19-26H,9-18H2,1-8H3,(H,35,41)(H,36,42)(H,37,43)(H,38,44)(H,45,46)(H,47,48)(H,49,50)(H,51,52);;;;/q;4*+1/p-4. The van der Waals surface area contributed by atoms with E-state index in [-0.39, 0.29) is 181 Å². The molecular weight excluding hydrogens is 776 g/mol. The molecule has 0 aromatic carbocycles. The van der Waals surface area contributed by atoms with Gasteiger partial charge in [-0.25, -0.2) is 0 Å². The SMILES string of the molecule is CC(C)CC(NC(=O)CN(CCN(CC(=O)NC(CC(C)C)C(=O)[O-])CC(=O)NC(CC(C)C)C(=O)[O-])CC(=O)NC(CC(C)C)C(=O)[O-])C(=O)[O-].[Na+].[Na+].[Na+].[Na+]. The van der Waals surface area contributed by atoms with Gasteiger partial charge in [0.25, 0.3) is 0 Å². The van der Waals surface area contributed by atoms with Crippen molar-refractivity contribution in [1.29, 1.82) is 0 Å². The number of aliphatic carboxylic acids is 4. The maximum absolute atomic E-state index is 13.0. The van der Waals surface area contributed by atoms with Crippen molar-refractivity contribution < 1.29 is 177 Å². The Kier molecular flexibility index (Phi) is 39.8. The molecule has 56 heavy (non-hydrogen) atoms. The van der Waals surface area contributed by atoms with E-state index in [9.17, 15) is 58.8 Å². The van der Waals surface area contributed by atoms with Crippen LogP contribution in [0.5, 0.6) is 0 Å². The molecule has 0 saturated carbocycles. The molecule has 4 unspecified atom stereocenters. The third-order valence-electron chi connectivity index (χ3n) is 7.51. The van der Waals surface area contributed by atoms with Gasteiger partial charge in [-0.1, -0.05) is 55.4 Å². The van der Waals surface area contributed by atoms with E-state index in [1.54, 1.807) is 55.4 Å². The fourth-order valence-corrected chi connectivity index (χ4v) is 5.23. The number of rotatable bonds is 27. The number of hydrogen-bond acceptors (Lipinski definition) is 14. The van der Waals surface area contributed by atoms with Gasteiger partial charge in [-0.05, 0) is 49.4 Å². The minimum atomic E-state index is -1.53. The largest absolute Gasteiger partial charge is 1.00 e. The van der Waals surface area contributed by atoms with Gasteiger partial charge in [0, 0.05) is 13.1 Å². The zero-order valence-electron chi connectivity index (χ0n) is 35.5. The molecule has 0 rings (SSSR count). The third-order valence-corrected chi connectivity index (χ3v) is 7.51. The molecule has 18 nitrogen and oxygen atoms in total. The second-order valence-corrected chi connectivity index (χ2v) is 14.7. The van der Waals surface area contributed by atoms with Crippen LogP contribution in [0, 0.1) is 23.7 Å². The van der Waals surface area contributed by atoms with Crippen LogP contribution in [0.1, 0.15) is 81.1 Å². The van der Waals surface area contributed by atoms with Crippen molar-refractivity contribution in [2.75, 3.05) is 39.3 Å². The monoisotopic (exact) mass is 832 g/mol. The number of carboxylic acids is 4. The van der Waals surface area contributed by atoms with Crippen LogP contribution >= 0.6 is 0 Å². The van der Waals surface area contributed by atoms with Crippen molar-refractivity contribution in [3.63, 3.8) is 0 Å². The number of nitrogens with one attached hydrogen (secondary N) is 4. The first-order valence-corrected chi connectivity index (χ1v) is 17.5. The summed E-state index contributed by atoms with van der Waals surface area (Å²) in [5.74, 6) is -9.92. The molecule has 0 aromatic rings. The summed E-state index contributed by atoms with van der Waals surface area (Å²) in [4.78, 5) is 101. The number of amides is 4. The fraction of sp³-hybridized carbons (Fsp3) is 0.765. The Hall–Kier alpha value is -0.320. The van der Waals surface area contributed by atoms with E-state index in [0.717, 1.165) is 0 Å². The van der Waals surface area contributed by atoms with Crippen molar-refractivity contribution in [3.8, 4) is 0 Å². The molecule has 0 bridgehead atoms. The van der Waals surface area contributed by atoms with Gasteiger partial charge in [0.1, 0.15) is 0 Å². The van der Waals surface area contributed by atoms with Gasteiger partial charge in [0.15, 0.2) is 0 Å². The zero-order chi connectivity index (χ0) is 40.3. The molecule has 0 aliphatic rings. The van der Waals surface area contributed by atoms with Crippen molar-refractivity contribution in [2.24, 2.45) is 23.7 Å². The van der Waals surface area contributed by atoms with Crippen LogP contribution in [0.2, 0.25) is 0 Å². The smallest absolute Gasteiger partial charge is 0.548 e. The summed E-state index contributed by atoms with van der Waals surface area (Å²) in [6.45, 7) is 11.1. The van der Waals surface area contributed by atoms with Gasteiger partial charge in [-0.3, -0.25) is 29.0 Å². The van der Waals surface area contributed by atoms with Gasteiger partial charge in [0.05, 0.1) is 74.2 Å². The first-order valence-electron chi connectivity index (χ1n) is 17.5. The van der Waals surface area contributed by atoms with Gasteiger partial charge in [-0.2, -0.15) is 0 Å². The molecule has 22 heteroatoms. The Morgan fingerprint density at radius 2 is 0.536 bits per heavy atom. The third kappa shape index (κ3) is 31.6. The Morgan fingerprint density at radius 1 is 0.375 bits per heavy atom. The first kappa shape index (κ1) is 64.8. The van der Waals surface area contributed by atoms with E-state index in [2.05, 4.69) is 21.3 Å². The molecule has 0 radical (unpaired) electrons. The first-order chi connectivity index (χ1) is 24.0. The Labute approximate surface area is 419 Å². The van der Waals surface area contributed by atoms with Crippen molar-refractivity contribution in [3.05, 3.63) is 0 Å². The quantitative estimate of drug-likeness (QED) is 0.0560. The Morgan fingerprint density at radius 3 is 0.661 bits per heavy atom. The second-order valence-electron chi connectivity index (χ2n) is 14.7. The number of hydrogen-bond donors (Lipinski definition) is 4. The number of carboxylic acid groups (broad SMARTS) is 4. The normalized spacial score (nSPS) is 12.9. The van der Waals surface area contributed by atoms with Gasteiger partial charge in [0.2, 0.25) is 23.6 Å². The predicted molar refractivity (Wildman–Crippen MR) is 178 cm³/mol. The van der Waals surface area contributed by atoms with Crippen LogP contribution in [-0.4, -0.2) is 121 Å². The van der Waals surface area contributed by atoms with Crippen LogP contribution in [-0.2, 0) is 38.4 Å². The molecule has 0 spiro atoms. The molecular formula is C34H56N6Na4O12. The minimum absolute atomic E-state index is 0. The van der Waals surface area contributed by atoms with E-state index in [1.165, 1.54) is 9.80 Å². The van der Waals surface area contributed by atoms with Crippen LogP contribution in [0.4, 0.5) is 0 Å². The summed E-state index contributed by atoms with van der Waals surface area (Å²) in [6, 6.07) is -5.42. The van der Waals surface area contributed by atoms with Crippen molar-refractivity contribution >= 4 is 47.5 Å². The van der Waals surface area contributed by atoms with E-state index >= 15 is 0 Å². The summed E-state index contributed by atoms with van der Waals surface area (Å²) >= 11 is 0. The molecule has 4 N–H and O–H groups in total. The summed E-state index contributed by atoms with van der Waals surface area (Å²) in [7, 11) is 0. The van der Waals surface area contributed by atoms with Crippen LogP contribution in [0.3, 0.4) is 0 Å². The number of nitrogens with zero attached hydrogens (tertiary/aromatic N) is 2. The number of carbonyl (C=O) groups excluding carboxylic acids is 8. The number of carbonyl (C=O) groups is 8. The van der Waals surface area contributed by atoms with Gasteiger partial charge in [-0.15, -0.1) is 0 Å². The van der Waals surface area contributed by atoms with Gasteiger partial charge >= 0.3 is 118 Å². The predicted octanol–water partition coefficient (Wildman–Crippen LogP) is -17.3.